The van der Waals surface area contributed by atoms with Crippen LogP contribution in [-0.4, -0.2) is 39.6 Å². The number of methoxy groups -OCH3 is 1. The number of nitrogens with zero attached hydrogens (tertiary/aromatic N) is 2. The molecule has 2 aromatic carbocycles. The molecule has 1 aliphatic carbocycles. The van der Waals surface area contributed by atoms with Crippen molar-refractivity contribution in [2.75, 3.05) is 13.7 Å². The van der Waals surface area contributed by atoms with E-state index in [0.717, 1.165) is 38.8 Å². The SMILES string of the molecule is COCC(C)(C)c1c(C2CC(C(=O)O)C2)c2cc3[nH]ncc3cc2n1-c1ccc(F)c(C)c1. The molecule has 1 saturated carbocycles. The highest BCUT2D eigenvalue weighted by molar-refractivity contribution is 5.99. The molecule has 1 aliphatic rings. The quantitative estimate of drug-likeness (QED) is 0.410. The standard InChI is InChI=1S/C26H28FN3O3/c1-14-7-18(5-6-20(14)27)30-22-10-17-12-28-29-21(17)11-19(22)23(15-8-16(9-15)25(31)32)24(30)26(2,3)13-33-4/h5-7,10-12,15-16H,8-9,13H2,1-4H3,(H,28,29)(H,31,32). The Labute approximate surface area is 191 Å². The van der Waals surface area contributed by atoms with Crippen molar-refractivity contribution in [1.29, 1.82) is 0 Å². The zero-order valence-corrected chi connectivity index (χ0v) is 19.3. The number of hydrogen-bond acceptors (Lipinski definition) is 3. The van der Waals surface area contributed by atoms with Crippen LogP contribution in [0.1, 0.15) is 49.4 Å². The highest BCUT2D eigenvalue weighted by Gasteiger charge is 2.41. The fraction of sp³-hybridized carbons (Fsp3) is 0.385. The third kappa shape index (κ3) is 3.42. The lowest BCUT2D eigenvalue weighted by Crippen LogP contribution is -2.33. The minimum Gasteiger partial charge on any atom is -0.481 e. The van der Waals surface area contributed by atoms with E-state index < -0.39 is 5.97 Å². The number of benzene rings is 2. The van der Waals surface area contributed by atoms with E-state index in [1.807, 2.05) is 6.07 Å². The van der Waals surface area contributed by atoms with Crippen LogP contribution in [0.15, 0.2) is 36.5 Å². The number of rotatable bonds is 6. The van der Waals surface area contributed by atoms with Gasteiger partial charge in [-0.3, -0.25) is 9.89 Å². The van der Waals surface area contributed by atoms with E-state index in [2.05, 4.69) is 40.7 Å². The molecule has 0 saturated heterocycles. The number of aryl methyl sites for hydroxylation is 1. The zero-order valence-electron chi connectivity index (χ0n) is 19.3. The van der Waals surface area contributed by atoms with Crippen molar-refractivity contribution in [3.05, 3.63) is 59.2 Å². The highest BCUT2D eigenvalue weighted by Crippen LogP contribution is 2.50. The van der Waals surface area contributed by atoms with Crippen molar-refractivity contribution in [3.63, 3.8) is 0 Å². The fourth-order valence-corrected chi connectivity index (χ4v) is 5.35. The smallest absolute Gasteiger partial charge is 0.306 e. The summed E-state index contributed by atoms with van der Waals surface area (Å²) in [5.41, 5.74) is 5.25. The first-order valence-corrected chi connectivity index (χ1v) is 11.2. The largest absolute Gasteiger partial charge is 0.481 e. The van der Waals surface area contributed by atoms with Crippen LogP contribution in [-0.2, 0) is 14.9 Å². The molecule has 5 rings (SSSR count). The second kappa shape index (κ2) is 7.70. The Morgan fingerprint density at radius 1 is 1.30 bits per heavy atom. The lowest BCUT2D eigenvalue weighted by atomic mass is 9.68. The summed E-state index contributed by atoms with van der Waals surface area (Å²) < 4.78 is 22.0. The summed E-state index contributed by atoms with van der Waals surface area (Å²) in [6, 6.07) is 9.39. The molecule has 0 amide bonds. The summed E-state index contributed by atoms with van der Waals surface area (Å²) in [5, 5.41) is 18.8. The second-order valence-corrected chi connectivity index (χ2v) is 9.88. The van der Waals surface area contributed by atoms with Gasteiger partial charge in [0.1, 0.15) is 5.82 Å². The van der Waals surface area contributed by atoms with E-state index in [-0.39, 0.29) is 23.1 Å². The van der Waals surface area contributed by atoms with Gasteiger partial charge in [0, 0.05) is 34.7 Å². The first kappa shape index (κ1) is 21.6. The fourth-order valence-electron chi connectivity index (χ4n) is 5.35. The van der Waals surface area contributed by atoms with Crippen molar-refractivity contribution < 1.29 is 19.0 Å². The van der Waals surface area contributed by atoms with Gasteiger partial charge < -0.3 is 14.4 Å². The molecular weight excluding hydrogens is 421 g/mol. The maximum absolute atomic E-state index is 14.2. The third-order valence-corrected chi connectivity index (χ3v) is 7.01. The number of halogens is 1. The van der Waals surface area contributed by atoms with Gasteiger partial charge >= 0.3 is 5.97 Å². The molecule has 7 heteroatoms. The van der Waals surface area contributed by atoms with Gasteiger partial charge in [-0.2, -0.15) is 5.10 Å². The number of hydrogen-bond donors (Lipinski definition) is 2. The molecule has 2 heterocycles. The first-order chi connectivity index (χ1) is 15.7. The predicted molar refractivity (Wildman–Crippen MR) is 126 cm³/mol. The summed E-state index contributed by atoms with van der Waals surface area (Å²) in [5.74, 6) is -1.18. The molecule has 0 aliphatic heterocycles. The number of ether oxygens (including phenoxy) is 1. The van der Waals surface area contributed by atoms with Crippen LogP contribution in [0.2, 0.25) is 0 Å². The lowest BCUT2D eigenvalue weighted by molar-refractivity contribution is -0.145. The minimum absolute atomic E-state index is 0.128. The molecule has 6 nitrogen and oxygen atoms in total. The minimum atomic E-state index is -0.738. The number of aromatic nitrogens is 3. The number of carbonyl (C=O) groups is 1. The first-order valence-electron chi connectivity index (χ1n) is 11.2. The Balaban J connectivity index is 1.86. The molecule has 33 heavy (non-hydrogen) atoms. The molecule has 4 aromatic rings. The predicted octanol–water partition coefficient (Wildman–Crippen LogP) is 5.46. The molecule has 172 valence electrons. The third-order valence-electron chi connectivity index (χ3n) is 7.01. The molecular formula is C26H28FN3O3. The number of aliphatic carboxylic acids is 1. The number of carboxylic acids is 1. The van der Waals surface area contributed by atoms with E-state index in [1.54, 1.807) is 26.3 Å². The molecule has 0 bridgehead atoms. The highest BCUT2D eigenvalue weighted by atomic mass is 19.1. The van der Waals surface area contributed by atoms with E-state index in [9.17, 15) is 14.3 Å². The van der Waals surface area contributed by atoms with E-state index in [1.165, 1.54) is 6.07 Å². The Hall–Kier alpha value is -3.19. The molecule has 1 fully saturated rings. The zero-order chi connectivity index (χ0) is 23.5. The molecule has 0 spiro atoms. The number of H-pyrrole nitrogens is 1. The number of fused-ring (bicyclic) bond motifs is 2. The molecule has 0 unspecified atom stereocenters. The van der Waals surface area contributed by atoms with Crippen LogP contribution in [0.5, 0.6) is 0 Å². The van der Waals surface area contributed by atoms with E-state index in [4.69, 9.17) is 4.74 Å². The van der Waals surface area contributed by atoms with Gasteiger partial charge in [0.15, 0.2) is 0 Å². The van der Waals surface area contributed by atoms with Crippen molar-refractivity contribution in [2.45, 2.75) is 44.9 Å². The van der Waals surface area contributed by atoms with Crippen LogP contribution >= 0.6 is 0 Å². The molecule has 2 aromatic heterocycles. The van der Waals surface area contributed by atoms with Crippen molar-refractivity contribution in [1.82, 2.24) is 14.8 Å². The van der Waals surface area contributed by atoms with Gasteiger partial charge in [-0.25, -0.2) is 4.39 Å². The van der Waals surface area contributed by atoms with Crippen LogP contribution in [0.25, 0.3) is 27.5 Å². The van der Waals surface area contributed by atoms with Crippen LogP contribution in [0, 0.1) is 18.7 Å². The van der Waals surface area contributed by atoms with Gasteiger partial charge in [0.25, 0.3) is 0 Å². The van der Waals surface area contributed by atoms with Gasteiger partial charge in [-0.05, 0) is 67.1 Å². The van der Waals surface area contributed by atoms with Crippen LogP contribution < -0.4 is 0 Å². The van der Waals surface area contributed by atoms with Gasteiger partial charge in [-0.15, -0.1) is 0 Å². The number of nitrogens with one attached hydrogen (secondary N) is 1. The Bertz CT molecular complexity index is 1380. The van der Waals surface area contributed by atoms with Gasteiger partial charge in [0.05, 0.1) is 29.8 Å². The number of carboxylic acid groups (broad SMARTS) is 1. The molecule has 0 radical (unpaired) electrons. The summed E-state index contributed by atoms with van der Waals surface area (Å²) in [6.45, 7) is 6.54. The van der Waals surface area contributed by atoms with Crippen molar-refractivity contribution >= 4 is 27.8 Å². The molecule has 2 N–H and O–H groups in total. The monoisotopic (exact) mass is 449 g/mol. The maximum Gasteiger partial charge on any atom is 0.306 e. The van der Waals surface area contributed by atoms with E-state index >= 15 is 0 Å². The average Bonchev–Trinajstić information content (AvgIpc) is 3.29. The Kier molecular flexibility index (Phi) is 5.05. The summed E-state index contributed by atoms with van der Waals surface area (Å²) >= 11 is 0. The normalized spacial score (nSPS) is 18.7. The van der Waals surface area contributed by atoms with Crippen LogP contribution in [0.3, 0.4) is 0 Å². The van der Waals surface area contributed by atoms with Crippen molar-refractivity contribution in [3.8, 4) is 5.69 Å². The average molecular weight is 450 g/mol. The van der Waals surface area contributed by atoms with Crippen LogP contribution in [0.4, 0.5) is 4.39 Å². The van der Waals surface area contributed by atoms with Gasteiger partial charge in [0.2, 0.25) is 0 Å². The molecule has 0 atom stereocenters. The lowest BCUT2D eigenvalue weighted by Gasteiger charge is -2.36. The Morgan fingerprint density at radius 2 is 2.06 bits per heavy atom. The summed E-state index contributed by atoms with van der Waals surface area (Å²) in [4.78, 5) is 11.6. The van der Waals surface area contributed by atoms with Crippen molar-refractivity contribution in [2.24, 2.45) is 5.92 Å². The van der Waals surface area contributed by atoms with E-state index in [0.29, 0.717) is 25.0 Å². The summed E-state index contributed by atoms with van der Waals surface area (Å²) in [7, 11) is 1.69. The van der Waals surface area contributed by atoms with Gasteiger partial charge in [-0.1, -0.05) is 13.8 Å². The second-order valence-electron chi connectivity index (χ2n) is 9.88. The summed E-state index contributed by atoms with van der Waals surface area (Å²) in [6.07, 6.45) is 3.01. The number of aromatic amines is 1. The topological polar surface area (TPSA) is 80.1 Å². The maximum atomic E-state index is 14.2. The Morgan fingerprint density at radius 3 is 2.73 bits per heavy atom.